The molecule has 2 N–H and O–H groups in total. The number of aryl methyl sites for hydroxylation is 2. The summed E-state index contributed by atoms with van der Waals surface area (Å²) in [6, 6.07) is 5.35. The molecule has 0 bridgehead atoms. The highest BCUT2D eigenvalue weighted by atomic mass is 79.9. The highest BCUT2D eigenvalue weighted by Gasteiger charge is 2.23. The SMILES string of the molecule is CC.Cc1nn(C)c2c(Br)c(C(=O)c3cc(F)ccc3Cl)c(N)cc12. The lowest BCUT2D eigenvalue weighted by Gasteiger charge is -2.11. The predicted octanol–water partition coefficient (Wildman–Crippen LogP) is 5.28. The smallest absolute Gasteiger partial charge is 0.197 e. The Labute approximate surface area is 158 Å². The van der Waals surface area contributed by atoms with Gasteiger partial charge in [0.1, 0.15) is 5.82 Å². The molecule has 0 aliphatic carbocycles. The number of fused-ring (bicyclic) bond motifs is 1. The Kier molecular flexibility index (Phi) is 5.85. The number of carbonyl (C=O) groups excluding carboxylic acids is 1. The van der Waals surface area contributed by atoms with Crippen LogP contribution in [-0.2, 0) is 7.05 Å². The summed E-state index contributed by atoms with van der Waals surface area (Å²) in [6.45, 7) is 5.86. The zero-order valence-electron chi connectivity index (χ0n) is 14.3. The molecule has 132 valence electrons. The van der Waals surface area contributed by atoms with Crippen molar-refractivity contribution < 1.29 is 9.18 Å². The summed E-state index contributed by atoms with van der Waals surface area (Å²) in [4.78, 5) is 12.8. The van der Waals surface area contributed by atoms with E-state index in [1.54, 1.807) is 17.8 Å². The average Bonchev–Trinajstić information content (AvgIpc) is 2.85. The van der Waals surface area contributed by atoms with Gasteiger partial charge in [0, 0.05) is 23.7 Å². The van der Waals surface area contributed by atoms with Gasteiger partial charge in [-0.1, -0.05) is 25.4 Å². The van der Waals surface area contributed by atoms with Crippen molar-refractivity contribution in [3.8, 4) is 0 Å². The van der Waals surface area contributed by atoms with E-state index in [1.807, 2.05) is 20.8 Å². The minimum atomic E-state index is -0.537. The van der Waals surface area contributed by atoms with Crippen LogP contribution in [0.25, 0.3) is 10.9 Å². The average molecular weight is 427 g/mol. The van der Waals surface area contributed by atoms with Crippen molar-refractivity contribution in [2.24, 2.45) is 7.05 Å². The van der Waals surface area contributed by atoms with Gasteiger partial charge in [-0.25, -0.2) is 4.39 Å². The zero-order chi connectivity index (χ0) is 18.9. The summed E-state index contributed by atoms with van der Waals surface area (Å²) < 4.78 is 15.7. The molecule has 7 heteroatoms. The second-order valence-electron chi connectivity index (χ2n) is 5.21. The Bertz CT molecular complexity index is 969. The van der Waals surface area contributed by atoms with Crippen LogP contribution in [-0.4, -0.2) is 15.6 Å². The van der Waals surface area contributed by atoms with Crippen LogP contribution in [0.15, 0.2) is 28.7 Å². The molecule has 3 aromatic rings. The molecule has 0 saturated heterocycles. The van der Waals surface area contributed by atoms with E-state index in [-0.39, 0.29) is 21.8 Å². The lowest BCUT2D eigenvalue weighted by atomic mass is 9.99. The van der Waals surface area contributed by atoms with Crippen molar-refractivity contribution in [3.05, 3.63) is 56.4 Å². The molecule has 3 rings (SSSR count). The summed E-state index contributed by atoms with van der Waals surface area (Å²) in [5.74, 6) is -0.982. The van der Waals surface area contributed by atoms with E-state index >= 15 is 0 Å². The lowest BCUT2D eigenvalue weighted by molar-refractivity contribution is 0.103. The number of halogens is 3. The third-order valence-electron chi connectivity index (χ3n) is 3.68. The van der Waals surface area contributed by atoms with Crippen molar-refractivity contribution in [2.45, 2.75) is 20.8 Å². The summed E-state index contributed by atoms with van der Waals surface area (Å²) in [5, 5.41) is 5.35. The van der Waals surface area contributed by atoms with Crippen LogP contribution in [0.1, 0.15) is 35.5 Å². The second kappa shape index (κ2) is 7.54. The van der Waals surface area contributed by atoms with Gasteiger partial charge in [0.2, 0.25) is 0 Å². The zero-order valence-corrected chi connectivity index (χ0v) is 16.7. The summed E-state index contributed by atoms with van der Waals surface area (Å²) in [5.41, 5.74) is 8.21. The van der Waals surface area contributed by atoms with E-state index in [0.29, 0.717) is 4.47 Å². The van der Waals surface area contributed by atoms with E-state index < -0.39 is 11.6 Å². The molecule has 0 radical (unpaired) electrons. The van der Waals surface area contributed by atoms with Crippen LogP contribution in [0.5, 0.6) is 0 Å². The molecular weight excluding hydrogens is 409 g/mol. The largest absolute Gasteiger partial charge is 0.398 e. The van der Waals surface area contributed by atoms with Gasteiger partial charge in [-0.3, -0.25) is 9.48 Å². The second-order valence-corrected chi connectivity index (χ2v) is 6.41. The topological polar surface area (TPSA) is 60.9 Å². The molecule has 0 amide bonds. The third kappa shape index (κ3) is 3.41. The summed E-state index contributed by atoms with van der Waals surface area (Å²) in [6.07, 6.45) is 0. The number of nitrogen functional groups attached to an aromatic ring is 1. The number of nitrogens with zero attached hydrogens (tertiary/aromatic N) is 2. The number of ketones is 1. The molecule has 1 aromatic heterocycles. The number of nitrogens with two attached hydrogens (primary N) is 1. The van der Waals surface area contributed by atoms with Crippen molar-refractivity contribution in [1.82, 2.24) is 9.78 Å². The fourth-order valence-corrected chi connectivity index (χ4v) is 3.70. The number of hydrogen-bond acceptors (Lipinski definition) is 3. The lowest BCUT2D eigenvalue weighted by Crippen LogP contribution is -2.08. The molecule has 0 unspecified atom stereocenters. The number of aromatic nitrogens is 2. The Hall–Kier alpha value is -1.92. The molecule has 4 nitrogen and oxygen atoms in total. The highest BCUT2D eigenvalue weighted by Crippen LogP contribution is 2.36. The minimum absolute atomic E-state index is 0.0670. The van der Waals surface area contributed by atoms with Gasteiger partial charge in [-0.2, -0.15) is 5.10 Å². The Morgan fingerprint density at radius 2 is 1.96 bits per heavy atom. The van der Waals surface area contributed by atoms with Crippen LogP contribution in [0.3, 0.4) is 0 Å². The fourth-order valence-electron chi connectivity index (χ4n) is 2.62. The molecule has 1 heterocycles. The van der Waals surface area contributed by atoms with E-state index in [9.17, 15) is 9.18 Å². The molecule has 0 spiro atoms. The number of anilines is 1. The number of benzene rings is 2. The van der Waals surface area contributed by atoms with Crippen molar-refractivity contribution in [3.63, 3.8) is 0 Å². The van der Waals surface area contributed by atoms with Gasteiger partial charge in [-0.05, 0) is 47.1 Å². The predicted molar refractivity (Wildman–Crippen MR) is 104 cm³/mol. The van der Waals surface area contributed by atoms with Crippen LogP contribution in [0, 0.1) is 12.7 Å². The first-order valence-electron chi connectivity index (χ1n) is 7.72. The van der Waals surface area contributed by atoms with Crippen LogP contribution in [0.4, 0.5) is 10.1 Å². The Morgan fingerprint density at radius 3 is 2.60 bits per heavy atom. The first kappa shape index (κ1) is 19.4. The van der Waals surface area contributed by atoms with Gasteiger partial charge in [0.05, 0.1) is 26.3 Å². The summed E-state index contributed by atoms with van der Waals surface area (Å²) in [7, 11) is 1.78. The Balaban J connectivity index is 0.00000109. The molecule has 25 heavy (non-hydrogen) atoms. The highest BCUT2D eigenvalue weighted by molar-refractivity contribution is 9.10. The van der Waals surface area contributed by atoms with Crippen molar-refractivity contribution in [2.75, 3.05) is 5.73 Å². The molecule has 0 aliphatic rings. The van der Waals surface area contributed by atoms with Crippen molar-refractivity contribution in [1.29, 1.82) is 0 Å². The van der Waals surface area contributed by atoms with E-state index in [1.165, 1.54) is 12.1 Å². The van der Waals surface area contributed by atoms with Crippen LogP contribution >= 0.6 is 27.5 Å². The van der Waals surface area contributed by atoms with Gasteiger partial charge < -0.3 is 5.73 Å². The van der Waals surface area contributed by atoms with Crippen molar-refractivity contribution >= 4 is 49.9 Å². The molecule has 0 fully saturated rings. The molecule has 0 saturated carbocycles. The van der Waals surface area contributed by atoms with Gasteiger partial charge in [-0.15, -0.1) is 0 Å². The van der Waals surface area contributed by atoms with E-state index in [2.05, 4.69) is 21.0 Å². The maximum Gasteiger partial charge on any atom is 0.197 e. The third-order valence-corrected chi connectivity index (χ3v) is 4.79. The molecule has 0 aliphatic heterocycles. The normalized spacial score (nSPS) is 10.5. The standard InChI is InChI=1S/C16H12BrClFN3O.C2H6/c1-7-9-6-12(20)13(14(17)15(9)22(2)21-7)16(23)10-5-8(19)3-4-11(10)18;1-2/h3-6H,20H2,1-2H3;1-2H3. The quantitative estimate of drug-likeness (QED) is 0.448. The maximum absolute atomic E-state index is 13.5. The number of rotatable bonds is 2. The maximum atomic E-state index is 13.5. The fraction of sp³-hybridized carbons (Fsp3) is 0.222. The van der Waals surface area contributed by atoms with Gasteiger partial charge in [0.25, 0.3) is 0 Å². The minimum Gasteiger partial charge on any atom is -0.398 e. The summed E-state index contributed by atoms with van der Waals surface area (Å²) >= 11 is 9.48. The Morgan fingerprint density at radius 1 is 1.32 bits per heavy atom. The first-order valence-corrected chi connectivity index (χ1v) is 8.89. The van der Waals surface area contributed by atoms with E-state index in [4.69, 9.17) is 17.3 Å². The van der Waals surface area contributed by atoms with Crippen LogP contribution in [0.2, 0.25) is 5.02 Å². The number of carbonyl (C=O) groups is 1. The van der Waals surface area contributed by atoms with Gasteiger partial charge >= 0.3 is 0 Å². The first-order chi connectivity index (χ1) is 11.8. The number of hydrogen-bond donors (Lipinski definition) is 1. The van der Waals surface area contributed by atoms with E-state index in [0.717, 1.165) is 22.7 Å². The van der Waals surface area contributed by atoms with Crippen LogP contribution < -0.4 is 5.73 Å². The van der Waals surface area contributed by atoms with Gasteiger partial charge in [0.15, 0.2) is 5.78 Å². The molecular formula is C18H18BrClFN3O. The molecule has 0 atom stereocenters. The molecule has 2 aromatic carbocycles. The monoisotopic (exact) mass is 425 g/mol.